The number of fused-ring (bicyclic) bond motifs is 1. The summed E-state index contributed by atoms with van der Waals surface area (Å²) >= 11 is 0. The van der Waals surface area contributed by atoms with Crippen molar-refractivity contribution < 1.29 is 4.79 Å². The van der Waals surface area contributed by atoms with Gasteiger partial charge in [0.15, 0.2) is 0 Å². The molecule has 3 heteroatoms. The summed E-state index contributed by atoms with van der Waals surface area (Å²) in [7, 11) is 0. The van der Waals surface area contributed by atoms with Crippen LogP contribution >= 0.6 is 0 Å². The van der Waals surface area contributed by atoms with Gasteiger partial charge in [0.1, 0.15) is 0 Å². The lowest BCUT2D eigenvalue weighted by Crippen LogP contribution is -2.20. The molecular formula is C15H16N2O. The molecule has 92 valence electrons. The summed E-state index contributed by atoms with van der Waals surface area (Å²) in [6.07, 6.45) is 4.14. The lowest BCUT2D eigenvalue weighted by molar-refractivity contribution is -0.118. The van der Waals surface area contributed by atoms with Crippen molar-refractivity contribution >= 4 is 22.5 Å². The minimum absolute atomic E-state index is 0.0364. The van der Waals surface area contributed by atoms with Crippen LogP contribution in [0.25, 0.3) is 10.9 Å². The molecule has 1 aromatic heterocycles. The molecule has 0 saturated heterocycles. The van der Waals surface area contributed by atoms with Gasteiger partial charge in [0.25, 0.3) is 0 Å². The summed E-state index contributed by atoms with van der Waals surface area (Å²) in [4.78, 5) is 16.3. The van der Waals surface area contributed by atoms with Crippen LogP contribution in [0.2, 0.25) is 0 Å². The van der Waals surface area contributed by atoms with Gasteiger partial charge in [0, 0.05) is 11.6 Å². The number of carbonyl (C=O) groups excluding carboxylic acids is 1. The number of aromatic nitrogens is 1. The van der Waals surface area contributed by atoms with Gasteiger partial charge in [-0.3, -0.25) is 9.78 Å². The van der Waals surface area contributed by atoms with Gasteiger partial charge < -0.3 is 5.32 Å². The van der Waals surface area contributed by atoms with Gasteiger partial charge in [-0.25, -0.2) is 0 Å². The van der Waals surface area contributed by atoms with E-state index >= 15 is 0 Å². The van der Waals surface area contributed by atoms with Crippen molar-refractivity contribution in [1.82, 2.24) is 4.98 Å². The first-order valence-corrected chi connectivity index (χ1v) is 6.03. The Hall–Kier alpha value is -2.16. The zero-order valence-corrected chi connectivity index (χ0v) is 10.4. The van der Waals surface area contributed by atoms with Crippen LogP contribution < -0.4 is 5.32 Å². The molecule has 0 aliphatic heterocycles. The Morgan fingerprint density at radius 1 is 1.44 bits per heavy atom. The topological polar surface area (TPSA) is 42.0 Å². The molecule has 1 amide bonds. The highest BCUT2D eigenvalue weighted by atomic mass is 16.1. The molecular weight excluding hydrogens is 224 g/mol. The van der Waals surface area contributed by atoms with Gasteiger partial charge in [0.2, 0.25) is 5.91 Å². The van der Waals surface area contributed by atoms with E-state index in [2.05, 4.69) is 16.9 Å². The fourth-order valence-corrected chi connectivity index (χ4v) is 1.89. The average Bonchev–Trinajstić information content (AvgIpc) is 2.40. The average molecular weight is 240 g/mol. The second-order valence-electron chi connectivity index (χ2n) is 4.12. The number of rotatable bonds is 4. The molecule has 0 saturated carbocycles. The molecule has 2 aromatic rings. The third-order valence-electron chi connectivity index (χ3n) is 2.95. The monoisotopic (exact) mass is 240 g/mol. The van der Waals surface area contributed by atoms with Crippen LogP contribution in [-0.2, 0) is 4.79 Å². The predicted octanol–water partition coefficient (Wildman–Crippen LogP) is 3.39. The molecule has 3 nitrogen and oxygen atoms in total. The molecule has 0 aliphatic carbocycles. The molecule has 2 rings (SSSR count). The van der Waals surface area contributed by atoms with Crippen molar-refractivity contribution in [3.8, 4) is 0 Å². The largest absolute Gasteiger partial charge is 0.324 e. The van der Waals surface area contributed by atoms with Crippen molar-refractivity contribution in [2.24, 2.45) is 5.92 Å². The molecule has 0 aliphatic rings. The summed E-state index contributed by atoms with van der Waals surface area (Å²) in [5.41, 5.74) is 1.56. The second kappa shape index (κ2) is 5.45. The molecule has 18 heavy (non-hydrogen) atoms. The van der Waals surface area contributed by atoms with E-state index in [4.69, 9.17) is 0 Å². The van der Waals surface area contributed by atoms with Crippen LogP contribution in [0, 0.1) is 5.92 Å². The number of hydrogen-bond donors (Lipinski definition) is 1. The molecule has 0 spiro atoms. The normalized spacial score (nSPS) is 12.1. The van der Waals surface area contributed by atoms with Gasteiger partial charge in [0.05, 0.1) is 17.1 Å². The van der Waals surface area contributed by atoms with E-state index < -0.39 is 0 Å². The first kappa shape index (κ1) is 12.3. The minimum atomic E-state index is -0.163. The zero-order valence-electron chi connectivity index (χ0n) is 10.4. The predicted molar refractivity (Wildman–Crippen MR) is 74.4 cm³/mol. The highest BCUT2D eigenvalue weighted by molar-refractivity contribution is 6.01. The van der Waals surface area contributed by atoms with E-state index in [1.54, 1.807) is 12.3 Å². The number of anilines is 1. The summed E-state index contributed by atoms with van der Waals surface area (Å²) in [6.45, 7) is 5.65. The van der Waals surface area contributed by atoms with E-state index in [-0.39, 0.29) is 11.8 Å². The van der Waals surface area contributed by atoms with Crippen LogP contribution in [0.15, 0.2) is 49.2 Å². The Morgan fingerprint density at radius 2 is 2.22 bits per heavy atom. The smallest absolute Gasteiger partial charge is 0.231 e. The SMILES string of the molecule is C=CC(CC)C(=O)Nc1cccc2cccnc12. The maximum absolute atomic E-state index is 12.0. The molecule has 0 radical (unpaired) electrons. The minimum Gasteiger partial charge on any atom is -0.324 e. The Balaban J connectivity index is 2.32. The summed E-state index contributed by atoms with van der Waals surface area (Å²) < 4.78 is 0. The van der Waals surface area contributed by atoms with E-state index in [0.29, 0.717) is 0 Å². The Morgan fingerprint density at radius 3 is 2.94 bits per heavy atom. The van der Waals surface area contributed by atoms with Crippen molar-refractivity contribution in [1.29, 1.82) is 0 Å². The molecule has 1 atom stereocenters. The quantitative estimate of drug-likeness (QED) is 0.832. The fraction of sp³-hybridized carbons (Fsp3) is 0.200. The van der Waals surface area contributed by atoms with Gasteiger partial charge >= 0.3 is 0 Å². The number of pyridine rings is 1. The third-order valence-corrected chi connectivity index (χ3v) is 2.95. The highest BCUT2D eigenvalue weighted by Gasteiger charge is 2.13. The zero-order chi connectivity index (χ0) is 13.0. The van der Waals surface area contributed by atoms with Crippen molar-refractivity contribution in [2.45, 2.75) is 13.3 Å². The van der Waals surface area contributed by atoms with Crippen LogP contribution in [0.5, 0.6) is 0 Å². The standard InChI is InChI=1S/C15H16N2O/c1-3-11(4-2)15(18)17-13-9-5-7-12-8-6-10-16-14(12)13/h3,5-11H,1,4H2,2H3,(H,17,18). The van der Waals surface area contributed by atoms with Crippen LogP contribution in [0.3, 0.4) is 0 Å². The summed E-state index contributed by atoms with van der Waals surface area (Å²) in [5, 5.41) is 3.93. The molecule has 1 aromatic carbocycles. The number of nitrogens with zero attached hydrogens (tertiary/aromatic N) is 1. The molecule has 0 fully saturated rings. The van der Waals surface area contributed by atoms with Gasteiger partial charge in [-0.05, 0) is 18.6 Å². The number of hydrogen-bond acceptors (Lipinski definition) is 2. The number of carbonyl (C=O) groups is 1. The first-order chi connectivity index (χ1) is 8.76. The Bertz CT molecular complexity index is 572. The number of benzene rings is 1. The van der Waals surface area contributed by atoms with Gasteiger partial charge in [-0.1, -0.05) is 31.2 Å². The Labute approximate surface area is 107 Å². The molecule has 0 bridgehead atoms. The van der Waals surface area contributed by atoms with Gasteiger partial charge in [-0.2, -0.15) is 0 Å². The number of nitrogens with one attached hydrogen (secondary N) is 1. The lowest BCUT2D eigenvalue weighted by atomic mass is 10.1. The third kappa shape index (κ3) is 2.40. The second-order valence-corrected chi connectivity index (χ2v) is 4.12. The van der Waals surface area contributed by atoms with E-state index in [9.17, 15) is 4.79 Å². The van der Waals surface area contributed by atoms with Crippen LogP contribution in [-0.4, -0.2) is 10.9 Å². The molecule has 1 heterocycles. The highest BCUT2D eigenvalue weighted by Crippen LogP contribution is 2.21. The maximum atomic E-state index is 12.0. The number of para-hydroxylation sites is 1. The summed E-state index contributed by atoms with van der Waals surface area (Å²) in [6, 6.07) is 9.61. The fourth-order valence-electron chi connectivity index (χ4n) is 1.89. The molecule has 1 N–H and O–H groups in total. The van der Waals surface area contributed by atoms with Crippen LogP contribution in [0.1, 0.15) is 13.3 Å². The summed E-state index contributed by atoms with van der Waals surface area (Å²) in [5.74, 6) is -0.199. The van der Waals surface area contributed by atoms with Crippen LogP contribution in [0.4, 0.5) is 5.69 Å². The first-order valence-electron chi connectivity index (χ1n) is 6.03. The molecule has 1 unspecified atom stereocenters. The van der Waals surface area contributed by atoms with Gasteiger partial charge in [-0.15, -0.1) is 6.58 Å². The van der Waals surface area contributed by atoms with E-state index in [0.717, 1.165) is 23.0 Å². The van der Waals surface area contributed by atoms with Crippen molar-refractivity contribution in [2.75, 3.05) is 5.32 Å². The number of amides is 1. The van der Waals surface area contributed by atoms with E-state index in [1.165, 1.54) is 0 Å². The van der Waals surface area contributed by atoms with Crippen molar-refractivity contribution in [3.05, 3.63) is 49.2 Å². The Kier molecular flexibility index (Phi) is 3.72. The maximum Gasteiger partial charge on any atom is 0.231 e. The van der Waals surface area contributed by atoms with E-state index in [1.807, 2.05) is 37.3 Å². The van der Waals surface area contributed by atoms with Crippen molar-refractivity contribution in [3.63, 3.8) is 0 Å². The lowest BCUT2D eigenvalue weighted by Gasteiger charge is -2.12.